The van der Waals surface area contributed by atoms with Crippen LogP contribution in [-0.4, -0.2) is 18.1 Å². The maximum absolute atomic E-state index is 14.3. The van der Waals surface area contributed by atoms with Crippen molar-refractivity contribution in [1.29, 1.82) is 0 Å². The van der Waals surface area contributed by atoms with Crippen LogP contribution in [0, 0.1) is 0 Å². The highest BCUT2D eigenvalue weighted by Crippen LogP contribution is 2.17. The van der Waals surface area contributed by atoms with E-state index in [1.54, 1.807) is 6.21 Å². The third kappa shape index (κ3) is 8.22. The van der Waals surface area contributed by atoms with Crippen molar-refractivity contribution in [1.82, 2.24) is 0 Å². The smallest absolute Gasteiger partial charge is 0.104 e. The average molecular weight is 455 g/mol. The molecule has 0 N–H and O–H groups in total. The van der Waals surface area contributed by atoms with Crippen LogP contribution in [0.3, 0.4) is 0 Å². The molecule has 176 valence electrons. The molecule has 0 aliphatic rings. The van der Waals surface area contributed by atoms with E-state index >= 15 is 0 Å². The lowest BCUT2D eigenvalue weighted by atomic mass is 9.98. The minimum absolute atomic E-state index is 0.461. The molecule has 0 spiro atoms. The maximum atomic E-state index is 14.3. The van der Waals surface area contributed by atoms with Gasteiger partial charge in [0.15, 0.2) is 0 Å². The minimum atomic E-state index is -0.785. The van der Waals surface area contributed by atoms with Crippen molar-refractivity contribution in [2.45, 2.75) is 58.0 Å². The number of hydrogen-bond donors (Lipinski definition) is 0. The van der Waals surface area contributed by atoms with Gasteiger partial charge in [-0.05, 0) is 36.0 Å². The molecule has 3 aromatic rings. The van der Waals surface area contributed by atoms with Crippen LogP contribution in [0.1, 0.15) is 66.8 Å². The summed E-state index contributed by atoms with van der Waals surface area (Å²) in [6, 6.07) is 26.4. The van der Waals surface area contributed by atoms with Gasteiger partial charge < -0.3 is 0 Å². The van der Waals surface area contributed by atoms with Gasteiger partial charge in [-0.15, -0.1) is 11.7 Å². The fourth-order valence-corrected chi connectivity index (χ4v) is 3.84. The third-order valence-electron chi connectivity index (χ3n) is 5.83. The molecular formula is C31H35FN2. The normalized spacial score (nSPS) is 12.7. The van der Waals surface area contributed by atoms with Crippen molar-refractivity contribution in [3.05, 3.63) is 119 Å². The lowest BCUT2D eigenvalue weighted by Gasteiger charge is -2.10. The zero-order valence-electron chi connectivity index (χ0n) is 20.2. The molecule has 1 unspecified atom stereocenters. The lowest BCUT2D eigenvalue weighted by molar-refractivity contribution is 0.304. The highest BCUT2D eigenvalue weighted by atomic mass is 19.1. The summed E-state index contributed by atoms with van der Waals surface area (Å²) in [5.41, 5.74) is 6.06. The first-order chi connectivity index (χ1) is 16.7. The topological polar surface area (TPSA) is 24.7 Å². The Morgan fingerprint density at radius 1 is 0.882 bits per heavy atom. The zero-order valence-corrected chi connectivity index (χ0v) is 20.2. The van der Waals surface area contributed by atoms with Crippen LogP contribution in [0.4, 0.5) is 4.39 Å². The number of nitrogens with zero attached hydrogens (tertiary/aromatic N) is 2. The quantitative estimate of drug-likeness (QED) is 0.108. The molecule has 0 fully saturated rings. The summed E-state index contributed by atoms with van der Waals surface area (Å²) in [7, 11) is 0. The Morgan fingerprint density at radius 3 is 2.24 bits per heavy atom. The van der Waals surface area contributed by atoms with Gasteiger partial charge >= 0.3 is 0 Å². The van der Waals surface area contributed by atoms with E-state index in [1.165, 1.54) is 5.56 Å². The number of rotatable bonds is 13. The summed E-state index contributed by atoms with van der Waals surface area (Å²) >= 11 is 0. The molecule has 34 heavy (non-hydrogen) atoms. The van der Waals surface area contributed by atoms with Gasteiger partial charge in [-0.25, -0.2) is 4.39 Å². The molecule has 3 rings (SSSR count). The van der Waals surface area contributed by atoms with Crippen LogP contribution >= 0.6 is 0 Å². The zero-order chi connectivity index (χ0) is 24.0. The molecule has 0 radical (unpaired) electrons. The standard InChI is InChI=1S/C31H35FN2/c1-3-5-8-14-30(32)23-26-19-21-29(22-20-26)31(28-12-9-7-10-13-28)34-33-24-27-17-15-25(16-18-27)11-6-4-2/h4,7,9-10,12-13,15-22,24,30H,2-3,5-6,8,11,14,23H2,1H3. The Balaban J connectivity index is 1.74. The molecule has 0 aromatic heterocycles. The van der Waals surface area contributed by atoms with Crippen LogP contribution < -0.4 is 0 Å². The van der Waals surface area contributed by atoms with Crippen molar-refractivity contribution in [2.24, 2.45) is 10.2 Å². The van der Waals surface area contributed by atoms with Crippen LogP contribution in [0.25, 0.3) is 0 Å². The first-order valence-electron chi connectivity index (χ1n) is 12.3. The SMILES string of the molecule is C=CCCc1ccc(C=NN=C(c2ccccc2)c2ccc(CC(F)CCCCC)cc2)cc1. The van der Waals surface area contributed by atoms with Crippen molar-refractivity contribution in [3.8, 4) is 0 Å². The van der Waals surface area contributed by atoms with Crippen molar-refractivity contribution in [3.63, 3.8) is 0 Å². The molecular weight excluding hydrogens is 419 g/mol. The molecule has 0 aliphatic heterocycles. The van der Waals surface area contributed by atoms with Gasteiger partial charge in [0.1, 0.15) is 11.9 Å². The average Bonchev–Trinajstić information content (AvgIpc) is 2.87. The van der Waals surface area contributed by atoms with E-state index in [0.717, 1.165) is 60.1 Å². The molecule has 3 aromatic carbocycles. The van der Waals surface area contributed by atoms with Gasteiger partial charge in [0.25, 0.3) is 0 Å². The van der Waals surface area contributed by atoms with Gasteiger partial charge in [-0.2, -0.15) is 5.10 Å². The minimum Gasteiger partial charge on any atom is -0.247 e. The second kappa shape index (κ2) is 14.0. The number of hydrogen-bond acceptors (Lipinski definition) is 2. The van der Waals surface area contributed by atoms with Crippen LogP contribution in [0.5, 0.6) is 0 Å². The molecule has 0 heterocycles. The Morgan fingerprint density at radius 2 is 1.56 bits per heavy atom. The predicted octanol–water partition coefficient (Wildman–Crippen LogP) is 8.14. The Kier molecular flexibility index (Phi) is 10.4. The summed E-state index contributed by atoms with van der Waals surface area (Å²) < 4.78 is 14.3. The van der Waals surface area contributed by atoms with Crippen LogP contribution in [0.15, 0.2) is 102 Å². The number of halogens is 1. The second-order valence-electron chi connectivity index (χ2n) is 8.62. The monoisotopic (exact) mass is 454 g/mol. The number of benzene rings is 3. The van der Waals surface area contributed by atoms with E-state index in [0.29, 0.717) is 12.8 Å². The largest absolute Gasteiger partial charge is 0.247 e. The molecule has 0 amide bonds. The molecule has 3 heteroatoms. The van der Waals surface area contributed by atoms with Crippen molar-refractivity contribution in [2.75, 3.05) is 0 Å². The van der Waals surface area contributed by atoms with E-state index in [-0.39, 0.29) is 0 Å². The van der Waals surface area contributed by atoms with Crippen LogP contribution in [-0.2, 0) is 12.8 Å². The lowest BCUT2D eigenvalue weighted by Crippen LogP contribution is -2.06. The summed E-state index contributed by atoms with van der Waals surface area (Å²) in [6.45, 7) is 5.92. The predicted molar refractivity (Wildman–Crippen MR) is 144 cm³/mol. The first-order valence-corrected chi connectivity index (χ1v) is 12.3. The molecule has 0 saturated heterocycles. The summed E-state index contributed by atoms with van der Waals surface area (Å²) in [5.74, 6) is 0. The van der Waals surface area contributed by atoms with E-state index in [2.05, 4.69) is 48.0 Å². The summed E-state index contributed by atoms with van der Waals surface area (Å²) in [5, 5.41) is 8.96. The Bertz CT molecular complexity index is 1050. The Labute approximate surface area is 204 Å². The number of alkyl halides is 1. The maximum Gasteiger partial charge on any atom is 0.104 e. The molecule has 2 nitrogen and oxygen atoms in total. The van der Waals surface area contributed by atoms with E-state index < -0.39 is 6.17 Å². The summed E-state index contributed by atoms with van der Waals surface area (Å²) in [6.07, 6.45) is 9.16. The fourth-order valence-electron chi connectivity index (χ4n) is 3.84. The fraction of sp³-hybridized carbons (Fsp3) is 0.290. The van der Waals surface area contributed by atoms with Gasteiger partial charge in [0.05, 0.1) is 6.21 Å². The second-order valence-corrected chi connectivity index (χ2v) is 8.62. The van der Waals surface area contributed by atoms with Gasteiger partial charge in [-0.1, -0.05) is 111 Å². The Hall–Kier alpha value is -3.33. The molecule has 0 aliphatic carbocycles. The molecule has 0 saturated carbocycles. The number of unbranched alkanes of at least 4 members (excludes halogenated alkanes) is 2. The summed E-state index contributed by atoms with van der Waals surface area (Å²) in [4.78, 5) is 0. The number of allylic oxidation sites excluding steroid dienone is 1. The first kappa shape index (κ1) is 25.3. The van der Waals surface area contributed by atoms with E-state index in [1.807, 2.05) is 60.7 Å². The molecule has 0 bridgehead atoms. The van der Waals surface area contributed by atoms with Gasteiger partial charge in [0, 0.05) is 17.5 Å². The van der Waals surface area contributed by atoms with Gasteiger partial charge in [0.2, 0.25) is 0 Å². The van der Waals surface area contributed by atoms with Crippen molar-refractivity contribution >= 4 is 11.9 Å². The highest BCUT2D eigenvalue weighted by molar-refractivity contribution is 6.13. The third-order valence-corrected chi connectivity index (χ3v) is 5.83. The van der Waals surface area contributed by atoms with Crippen molar-refractivity contribution < 1.29 is 4.39 Å². The van der Waals surface area contributed by atoms with E-state index in [4.69, 9.17) is 0 Å². The van der Waals surface area contributed by atoms with Gasteiger partial charge in [-0.3, -0.25) is 0 Å². The van der Waals surface area contributed by atoms with E-state index in [9.17, 15) is 4.39 Å². The molecule has 1 atom stereocenters. The highest BCUT2D eigenvalue weighted by Gasteiger charge is 2.10. The number of aryl methyl sites for hydroxylation is 1. The van der Waals surface area contributed by atoms with Crippen LogP contribution in [0.2, 0.25) is 0 Å².